The average molecular weight is 562 g/mol. The molecule has 0 saturated heterocycles. The van der Waals surface area contributed by atoms with Gasteiger partial charge in [0.1, 0.15) is 11.8 Å². The number of fused-ring (bicyclic) bond motifs is 1. The molecule has 0 radical (unpaired) electrons. The third kappa shape index (κ3) is 6.22. The number of carboxylic acid groups (broad SMARTS) is 1. The summed E-state index contributed by atoms with van der Waals surface area (Å²) in [5.41, 5.74) is 1.29. The van der Waals surface area contributed by atoms with Crippen molar-refractivity contribution in [2.24, 2.45) is 0 Å². The lowest BCUT2D eigenvalue weighted by Gasteiger charge is -2.29. The molecule has 0 unspecified atom stereocenters. The summed E-state index contributed by atoms with van der Waals surface area (Å²) in [6, 6.07) is 6.90. The zero-order valence-electron chi connectivity index (χ0n) is 19.2. The van der Waals surface area contributed by atoms with Gasteiger partial charge in [-0.2, -0.15) is 0 Å². The normalized spacial score (nSPS) is 13.7. The maximum absolute atomic E-state index is 13.0. The lowest BCUT2D eigenvalue weighted by Crippen LogP contribution is -2.48. The molecule has 0 spiro atoms. The number of rotatable bonds is 8. The van der Waals surface area contributed by atoms with E-state index < -0.39 is 23.8 Å². The molecule has 3 amide bonds. The van der Waals surface area contributed by atoms with Crippen molar-refractivity contribution in [3.05, 3.63) is 85.4 Å². The minimum Gasteiger partial charge on any atom is -0.480 e. The van der Waals surface area contributed by atoms with Crippen LogP contribution in [0.4, 0.5) is 0 Å². The monoisotopic (exact) mass is 561 g/mol. The van der Waals surface area contributed by atoms with Gasteiger partial charge in [-0.1, -0.05) is 29.3 Å². The smallest absolute Gasteiger partial charge is 0.328 e. The summed E-state index contributed by atoms with van der Waals surface area (Å²) in [5, 5.41) is 16.3. The molecule has 0 bridgehead atoms. The Balaban J connectivity index is 1.45. The van der Waals surface area contributed by atoms with Crippen LogP contribution in [0.5, 0.6) is 0 Å². The molecule has 0 saturated carbocycles. The Labute approximate surface area is 225 Å². The van der Waals surface area contributed by atoms with Crippen LogP contribution in [0.3, 0.4) is 0 Å². The molecule has 3 N–H and O–H groups in total. The van der Waals surface area contributed by atoms with Crippen molar-refractivity contribution in [1.29, 1.82) is 0 Å². The molecule has 1 atom stereocenters. The van der Waals surface area contributed by atoms with Crippen LogP contribution >= 0.6 is 34.5 Å². The second-order valence-electron chi connectivity index (χ2n) is 8.10. The van der Waals surface area contributed by atoms with E-state index in [0.717, 1.165) is 0 Å². The van der Waals surface area contributed by atoms with Crippen molar-refractivity contribution < 1.29 is 28.7 Å². The van der Waals surface area contributed by atoms with Gasteiger partial charge in [-0.05, 0) is 53.3 Å². The molecule has 192 valence electrons. The number of carbonyl (C=O) groups excluding carboxylic acids is 3. The second-order valence-corrected chi connectivity index (χ2v) is 9.83. The van der Waals surface area contributed by atoms with E-state index >= 15 is 0 Å². The lowest BCUT2D eigenvalue weighted by atomic mass is 9.96. The van der Waals surface area contributed by atoms with Gasteiger partial charge in [0, 0.05) is 25.7 Å². The number of amides is 3. The van der Waals surface area contributed by atoms with Gasteiger partial charge in [-0.25, -0.2) is 4.79 Å². The Morgan fingerprint density at radius 2 is 2.00 bits per heavy atom. The van der Waals surface area contributed by atoms with Gasteiger partial charge >= 0.3 is 5.97 Å². The van der Waals surface area contributed by atoms with Gasteiger partial charge in [0.15, 0.2) is 0 Å². The van der Waals surface area contributed by atoms with E-state index in [0.29, 0.717) is 34.7 Å². The molecule has 3 heterocycles. The van der Waals surface area contributed by atoms with Gasteiger partial charge in [0.25, 0.3) is 11.8 Å². The number of nitrogens with one attached hydrogen (secondary N) is 2. The fourth-order valence-electron chi connectivity index (χ4n) is 3.81. The molecule has 3 aromatic rings. The molecule has 0 aliphatic carbocycles. The number of carboxylic acids is 1. The number of benzene rings is 1. The fraction of sp³-hybridized carbons (Fsp3) is 0.200. The number of nitrogens with zero attached hydrogens (tertiary/aromatic N) is 1. The Hall–Kier alpha value is -3.60. The Bertz CT molecular complexity index is 1360. The van der Waals surface area contributed by atoms with Gasteiger partial charge in [-0.15, -0.1) is 11.3 Å². The minimum atomic E-state index is -1.41. The van der Waals surface area contributed by atoms with E-state index in [9.17, 15) is 24.3 Å². The molecule has 12 heteroatoms. The molecule has 9 nitrogen and oxygen atoms in total. The van der Waals surface area contributed by atoms with E-state index in [2.05, 4.69) is 10.6 Å². The Morgan fingerprint density at radius 1 is 1.19 bits per heavy atom. The first-order valence-corrected chi connectivity index (χ1v) is 12.7. The maximum atomic E-state index is 13.0. The van der Waals surface area contributed by atoms with Crippen LogP contribution in [0, 0.1) is 0 Å². The molecular formula is C25H21Cl2N3O6S. The predicted octanol–water partition coefficient (Wildman–Crippen LogP) is 3.86. The van der Waals surface area contributed by atoms with E-state index in [4.69, 9.17) is 27.6 Å². The number of thiophene rings is 1. The minimum absolute atomic E-state index is 0.0217. The van der Waals surface area contributed by atoms with Crippen molar-refractivity contribution >= 4 is 64.3 Å². The van der Waals surface area contributed by atoms with Crippen LogP contribution in [0.1, 0.15) is 36.9 Å². The van der Waals surface area contributed by atoms with Crippen LogP contribution < -0.4 is 10.6 Å². The number of halogens is 2. The number of furan rings is 1. The average Bonchev–Trinajstić information content (AvgIpc) is 3.59. The largest absolute Gasteiger partial charge is 0.480 e. The molecule has 4 rings (SSSR count). The van der Waals surface area contributed by atoms with E-state index in [-0.39, 0.29) is 34.6 Å². The molecule has 0 fully saturated rings. The van der Waals surface area contributed by atoms with Gasteiger partial charge in [-0.3, -0.25) is 14.4 Å². The summed E-state index contributed by atoms with van der Waals surface area (Å²) in [6.45, 7) is 0.272. The van der Waals surface area contributed by atoms with Crippen molar-refractivity contribution in [1.82, 2.24) is 15.5 Å². The van der Waals surface area contributed by atoms with Crippen molar-refractivity contribution in [3.63, 3.8) is 0 Å². The lowest BCUT2D eigenvalue weighted by molar-refractivity contribution is -0.139. The first-order valence-electron chi connectivity index (χ1n) is 11.1. The molecular weight excluding hydrogens is 541 g/mol. The maximum Gasteiger partial charge on any atom is 0.328 e. The first kappa shape index (κ1) is 26.5. The second kappa shape index (κ2) is 11.6. The molecule has 1 aliphatic rings. The summed E-state index contributed by atoms with van der Waals surface area (Å²) in [7, 11) is 0. The third-order valence-electron chi connectivity index (χ3n) is 5.69. The van der Waals surface area contributed by atoms with Crippen molar-refractivity contribution in [2.75, 3.05) is 13.1 Å². The van der Waals surface area contributed by atoms with Crippen LogP contribution in [-0.2, 0) is 22.6 Å². The third-order valence-corrected chi connectivity index (χ3v) is 7.28. The molecule has 2 aromatic heterocycles. The highest BCUT2D eigenvalue weighted by atomic mass is 35.5. The molecule has 1 aliphatic heterocycles. The van der Waals surface area contributed by atoms with Crippen LogP contribution in [0.2, 0.25) is 10.0 Å². The predicted molar refractivity (Wildman–Crippen MR) is 139 cm³/mol. The first-order chi connectivity index (χ1) is 17.7. The summed E-state index contributed by atoms with van der Waals surface area (Å²) in [6.07, 6.45) is 4.88. The highest BCUT2D eigenvalue weighted by Gasteiger charge is 2.29. The van der Waals surface area contributed by atoms with E-state index in [1.807, 2.05) is 0 Å². The van der Waals surface area contributed by atoms with Crippen LogP contribution in [0.25, 0.3) is 6.08 Å². The Morgan fingerprint density at radius 3 is 2.68 bits per heavy atom. The van der Waals surface area contributed by atoms with Gasteiger partial charge in [0.05, 0.1) is 26.7 Å². The quantitative estimate of drug-likeness (QED) is 0.358. The van der Waals surface area contributed by atoms with Crippen molar-refractivity contribution in [3.8, 4) is 0 Å². The summed E-state index contributed by atoms with van der Waals surface area (Å²) >= 11 is 14.1. The summed E-state index contributed by atoms with van der Waals surface area (Å²) in [4.78, 5) is 51.5. The standard InChI is InChI=1S/C25H21Cl2N3O6S/c26-17-11-14-13-30(20(31)6-5-15-3-1-9-36-15)8-7-16(14)22(27)21(17)24(33)29-18(25(34)35)12-28-23(32)19-4-2-10-37-19/h1-6,9-11,18H,7-8,12-13H2,(H,28,32)(H,29,33)(H,34,35)/b6-5+/t18-/m0/s1. The number of aliphatic carboxylic acids is 1. The van der Waals surface area contributed by atoms with Crippen LogP contribution in [0.15, 0.2) is 52.5 Å². The number of hydrogen-bond acceptors (Lipinski definition) is 6. The fourth-order valence-corrected chi connectivity index (χ4v) is 5.22. The van der Waals surface area contributed by atoms with Gasteiger partial charge < -0.3 is 25.1 Å². The van der Waals surface area contributed by atoms with Gasteiger partial charge in [0.2, 0.25) is 5.91 Å². The SMILES string of the molecule is O=C(NC[C@H](NC(=O)c1c(Cl)cc2c(c1Cl)CCN(C(=O)/C=C/c1ccco1)C2)C(=O)O)c1cccs1. The van der Waals surface area contributed by atoms with E-state index in [1.165, 1.54) is 23.7 Å². The Kier molecular flexibility index (Phi) is 8.32. The highest BCUT2D eigenvalue weighted by Crippen LogP contribution is 2.34. The zero-order chi connectivity index (χ0) is 26.5. The summed E-state index contributed by atoms with van der Waals surface area (Å²) in [5.74, 6) is -2.22. The topological polar surface area (TPSA) is 129 Å². The summed E-state index contributed by atoms with van der Waals surface area (Å²) < 4.78 is 5.19. The van der Waals surface area contributed by atoms with Crippen LogP contribution in [-0.4, -0.2) is 52.8 Å². The number of carbonyl (C=O) groups is 4. The molecule has 37 heavy (non-hydrogen) atoms. The van der Waals surface area contributed by atoms with E-state index in [1.54, 1.807) is 46.7 Å². The van der Waals surface area contributed by atoms with Crippen molar-refractivity contribution in [2.45, 2.75) is 19.0 Å². The highest BCUT2D eigenvalue weighted by molar-refractivity contribution is 7.12. The zero-order valence-corrected chi connectivity index (χ0v) is 21.5. The number of hydrogen-bond donors (Lipinski definition) is 3. The molecule has 1 aromatic carbocycles.